The van der Waals surface area contributed by atoms with Crippen molar-refractivity contribution in [2.75, 3.05) is 14.2 Å². The second kappa shape index (κ2) is 6.35. The summed E-state index contributed by atoms with van der Waals surface area (Å²) in [4.78, 5) is 15.6. The second-order valence-corrected chi connectivity index (χ2v) is 4.17. The molecule has 1 heterocycles. The van der Waals surface area contributed by atoms with Gasteiger partial charge in [-0.15, -0.1) is 0 Å². The number of carbonyl (C=O) groups is 1. The minimum atomic E-state index is -0.358. The molecule has 1 aromatic heterocycles. The molecule has 0 unspecified atom stereocenters. The van der Waals surface area contributed by atoms with Gasteiger partial charge in [0.1, 0.15) is 11.8 Å². The summed E-state index contributed by atoms with van der Waals surface area (Å²) in [7, 11) is 3.02. The van der Waals surface area contributed by atoms with Crippen molar-refractivity contribution < 1.29 is 14.3 Å². The van der Waals surface area contributed by atoms with E-state index in [-0.39, 0.29) is 12.0 Å². The van der Waals surface area contributed by atoms with Crippen LogP contribution >= 0.6 is 0 Å². The van der Waals surface area contributed by atoms with Gasteiger partial charge < -0.3 is 9.47 Å². The van der Waals surface area contributed by atoms with Crippen LogP contribution in [0.5, 0.6) is 5.75 Å². The predicted octanol–water partition coefficient (Wildman–Crippen LogP) is 1.36. The Morgan fingerprint density at radius 3 is 2.67 bits per heavy atom. The molecule has 0 saturated carbocycles. The zero-order chi connectivity index (χ0) is 13.7. The first-order valence-corrected chi connectivity index (χ1v) is 5.81. The van der Waals surface area contributed by atoms with E-state index in [1.165, 1.54) is 7.11 Å². The Balaban J connectivity index is 2.77. The zero-order valence-corrected chi connectivity index (χ0v) is 11.5. The number of esters is 1. The van der Waals surface area contributed by atoms with Crippen LogP contribution in [0.2, 0.25) is 0 Å². The predicted molar refractivity (Wildman–Crippen MR) is 68.6 cm³/mol. The van der Waals surface area contributed by atoms with Crippen LogP contribution in [0.4, 0.5) is 0 Å². The minimum Gasteiger partial charge on any atom is -0.496 e. The molecule has 5 heteroatoms. The molecule has 18 heavy (non-hydrogen) atoms. The summed E-state index contributed by atoms with van der Waals surface area (Å²) in [6.07, 6.45) is 1.77. The number of aromatic nitrogens is 1. The molecule has 0 aliphatic heterocycles. The van der Waals surface area contributed by atoms with Crippen LogP contribution < -0.4 is 10.1 Å². The van der Waals surface area contributed by atoms with E-state index in [9.17, 15) is 4.79 Å². The van der Waals surface area contributed by atoms with Crippen molar-refractivity contribution in [3.63, 3.8) is 0 Å². The van der Waals surface area contributed by atoms with E-state index in [1.54, 1.807) is 20.2 Å². The van der Waals surface area contributed by atoms with Gasteiger partial charge in [0.15, 0.2) is 0 Å². The van der Waals surface area contributed by atoms with E-state index in [0.29, 0.717) is 6.54 Å². The molecule has 0 aliphatic carbocycles. The summed E-state index contributed by atoms with van der Waals surface area (Å²) in [5.74, 6) is 0.555. The summed E-state index contributed by atoms with van der Waals surface area (Å²) in [5.41, 5.74) is 2.86. The molecule has 1 N–H and O–H groups in total. The van der Waals surface area contributed by atoms with Crippen molar-refractivity contribution in [3.8, 4) is 5.75 Å². The lowest BCUT2D eigenvalue weighted by Crippen LogP contribution is -2.34. The molecule has 0 spiro atoms. The highest BCUT2D eigenvalue weighted by Gasteiger charge is 2.14. The standard InChI is InChI=1S/C13H20N2O3/c1-8-6-15-11(9(2)12(8)17-4)7-14-10(3)13(16)18-5/h6,10,14H,7H2,1-5H3/t10-/m1/s1. The van der Waals surface area contributed by atoms with Gasteiger partial charge in [0, 0.05) is 23.9 Å². The molecule has 1 atom stereocenters. The monoisotopic (exact) mass is 252 g/mol. The van der Waals surface area contributed by atoms with Crippen molar-refractivity contribution in [3.05, 3.63) is 23.0 Å². The van der Waals surface area contributed by atoms with Crippen molar-refractivity contribution in [1.29, 1.82) is 0 Å². The molecule has 100 valence electrons. The van der Waals surface area contributed by atoms with E-state index >= 15 is 0 Å². The smallest absolute Gasteiger partial charge is 0.322 e. The highest BCUT2D eigenvalue weighted by molar-refractivity contribution is 5.75. The zero-order valence-electron chi connectivity index (χ0n) is 11.5. The fraction of sp³-hybridized carbons (Fsp3) is 0.538. The van der Waals surface area contributed by atoms with Gasteiger partial charge in [-0.3, -0.25) is 15.1 Å². The molecule has 0 saturated heterocycles. The van der Waals surface area contributed by atoms with Gasteiger partial charge in [0.05, 0.1) is 19.9 Å². The van der Waals surface area contributed by atoms with Crippen LogP contribution in [0.25, 0.3) is 0 Å². The number of rotatable bonds is 5. The van der Waals surface area contributed by atoms with Gasteiger partial charge in [-0.05, 0) is 20.8 Å². The van der Waals surface area contributed by atoms with E-state index in [0.717, 1.165) is 22.6 Å². The lowest BCUT2D eigenvalue weighted by atomic mass is 10.1. The number of nitrogens with one attached hydrogen (secondary N) is 1. The largest absolute Gasteiger partial charge is 0.496 e. The first kappa shape index (κ1) is 14.4. The van der Waals surface area contributed by atoms with Crippen LogP contribution in [-0.2, 0) is 16.1 Å². The topological polar surface area (TPSA) is 60.5 Å². The third-order valence-corrected chi connectivity index (χ3v) is 2.88. The number of ether oxygens (including phenoxy) is 2. The fourth-order valence-corrected chi connectivity index (χ4v) is 1.76. The average molecular weight is 252 g/mol. The minimum absolute atomic E-state index is 0.285. The van der Waals surface area contributed by atoms with Crippen LogP contribution in [0.15, 0.2) is 6.20 Å². The molecule has 0 bridgehead atoms. The van der Waals surface area contributed by atoms with Crippen molar-refractivity contribution >= 4 is 5.97 Å². The normalized spacial score (nSPS) is 12.1. The van der Waals surface area contributed by atoms with Crippen LogP contribution in [0.3, 0.4) is 0 Å². The summed E-state index contributed by atoms with van der Waals surface area (Å²) >= 11 is 0. The molecule has 0 fully saturated rings. The van der Waals surface area contributed by atoms with Crippen LogP contribution in [0.1, 0.15) is 23.7 Å². The maximum Gasteiger partial charge on any atom is 0.322 e. The number of hydrogen-bond donors (Lipinski definition) is 1. The van der Waals surface area contributed by atoms with Gasteiger partial charge in [0.25, 0.3) is 0 Å². The molecule has 0 radical (unpaired) electrons. The van der Waals surface area contributed by atoms with Crippen molar-refractivity contribution in [2.24, 2.45) is 0 Å². The van der Waals surface area contributed by atoms with Crippen LogP contribution in [0, 0.1) is 13.8 Å². The lowest BCUT2D eigenvalue weighted by Gasteiger charge is -2.15. The molecule has 0 amide bonds. The van der Waals surface area contributed by atoms with Crippen molar-refractivity contribution in [1.82, 2.24) is 10.3 Å². The molecular formula is C13H20N2O3. The molecule has 1 aromatic rings. The van der Waals surface area contributed by atoms with E-state index in [4.69, 9.17) is 4.74 Å². The number of carbonyl (C=O) groups excluding carboxylic acids is 1. The number of aryl methyl sites for hydroxylation is 1. The fourth-order valence-electron chi connectivity index (χ4n) is 1.76. The Labute approximate surface area is 108 Å². The van der Waals surface area contributed by atoms with Crippen molar-refractivity contribution in [2.45, 2.75) is 33.4 Å². The Morgan fingerprint density at radius 1 is 1.44 bits per heavy atom. The number of methoxy groups -OCH3 is 2. The first-order valence-electron chi connectivity index (χ1n) is 5.81. The summed E-state index contributed by atoms with van der Waals surface area (Å²) in [5, 5.41) is 3.07. The molecule has 0 aromatic carbocycles. The molecule has 1 rings (SSSR count). The Bertz CT molecular complexity index is 432. The second-order valence-electron chi connectivity index (χ2n) is 4.17. The highest BCUT2D eigenvalue weighted by atomic mass is 16.5. The van der Waals surface area contributed by atoms with E-state index in [1.807, 2.05) is 13.8 Å². The molecular weight excluding hydrogens is 232 g/mol. The summed E-state index contributed by atoms with van der Waals surface area (Å²) < 4.78 is 9.98. The molecule has 0 aliphatic rings. The Hall–Kier alpha value is -1.62. The Morgan fingerprint density at radius 2 is 2.11 bits per heavy atom. The third-order valence-electron chi connectivity index (χ3n) is 2.88. The van der Waals surface area contributed by atoms with Gasteiger partial charge in [-0.25, -0.2) is 0 Å². The van der Waals surface area contributed by atoms with E-state index in [2.05, 4.69) is 15.0 Å². The maximum absolute atomic E-state index is 11.3. The first-order chi connectivity index (χ1) is 8.51. The quantitative estimate of drug-likeness (QED) is 0.802. The maximum atomic E-state index is 11.3. The lowest BCUT2D eigenvalue weighted by molar-refractivity contribution is -0.142. The Kier molecular flexibility index (Phi) is 5.09. The molecule has 5 nitrogen and oxygen atoms in total. The van der Waals surface area contributed by atoms with Gasteiger partial charge in [-0.2, -0.15) is 0 Å². The highest BCUT2D eigenvalue weighted by Crippen LogP contribution is 2.23. The SMILES string of the molecule is COC(=O)[C@@H](C)NCc1ncc(C)c(OC)c1C. The summed E-state index contributed by atoms with van der Waals surface area (Å²) in [6.45, 7) is 6.16. The van der Waals surface area contributed by atoms with Gasteiger partial charge in [0.2, 0.25) is 0 Å². The number of hydrogen-bond acceptors (Lipinski definition) is 5. The van der Waals surface area contributed by atoms with Gasteiger partial charge >= 0.3 is 5.97 Å². The number of pyridine rings is 1. The van der Waals surface area contributed by atoms with E-state index < -0.39 is 0 Å². The summed E-state index contributed by atoms with van der Waals surface area (Å²) in [6, 6.07) is -0.358. The average Bonchev–Trinajstić information content (AvgIpc) is 2.37. The van der Waals surface area contributed by atoms with Crippen LogP contribution in [-0.4, -0.2) is 31.2 Å². The third kappa shape index (κ3) is 3.20. The number of nitrogens with zero attached hydrogens (tertiary/aromatic N) is 1. The van der Waals surface area contributed by atoms with Gasteiger partial charge in [-0.1, -0.05) is 0 Å².